The molecule has 2 heterocycles. The molecule has 19 heavy (non-hydrogen) atoms. The van der Waals surface area contributed by atoms with Gasteiger partial charge in [-0.1, -0.05) is 0 Å². The summed E-state index contributed by atoms with van der Waals surface area (Å²) in [4.78, 5) is 31.5. The first-order valence-corrected chi connectivity index (χ1v) is 6.31. The van der Waals surface area contributed by atoms with Crippen molar-refractivity contribution >= 4 is 11.8 Å². The Morgan fingerprint density at radius 1 is 1.32 bits per heavy atom. The second-order valence-corrected chi connectivity index (χ2v) is 4.61. The lowest BCUT2D eigenvalue weighted by molar-refractivity contribution is -0.131. The van der Waals surface area contributed by atoms with E-state index in [0.29, 0.717) is 5.56 Å². The molecular formula is C13H18N4O2. The molecule has 6 nitrogen and oxygen atoms in total. The van der Waals surface area contributed by atoms with Gasteiger partial charge in [-0.05, 0) is 19.2 Å². The van der Waals surface area contributed by atoms with Gasteiger partial charge in [-0.2, -0.15) is 0 Å². The van der Waals surface area contributed by atoms with Gasteiger partial charge in [-0.15, -0.1) is 0 Å². The number of carbonyl (C=O) groups is 2. The minimum atomic E-state index is -0.268. The second kappa shape index (κ2) is 6.29. The Hall–Kier alpha value is -1.95. The van der Waals surface area contributed by atoms with Crippen LogP contribution in [0.1, 0.15) is 10.4 Å². The third-order valence-corrected chi connectivity index (χ3v) is 3.18. The molecule has 0 aliphatic carbocycles. The predicted octanol–water partition coefficient (Wildman–Crippen LogP) is -0.415. The minimum Gasteiger partial charge on any atom is -0.343 e. The number of hydrogen-bond donors (Lipinski definition) is 1. The van der Waals surface area contributed by atoms with Gasteiger partial charge in [-0.3, -0.25) is 14.6 Å². The molecule has 0 atom stereocenters. The van der Waals surface area contributed by atoms with Crippen molar-refractivity contribution in [1.29, 1.82) is 0 Å². The highest BCUT2D eigenvalue weighted by Gasteiger charge is 2.19. The Kier molecular flexibility index (Phi) is 4.46. The Labute approximate surface area is 112 Å². The van der Waals surface area contributed by atoms with Crippen LogP contribution in [0.15, 0.2) is 24.5 Å². The summed E-state index contributed by atoms with van der Waals surface area (Å²) in [5, 5.41) is 2.62. The van der Waals surface area contributed by atoms with Gasteiger partial charge in [-0.25, -0.2) is 0 Å². The van der Waals surface area contributed by atoms with Crippen molar-refractivity contribution in [2.24, 2.45) is 0 Å². The number of likely N-dealkylation sites (N-methyl/N-ethyl adjacent to an activating group) is 1. The van der Waals surface area contributed by atoms with Crippen molar-refractivity contribution in [2.75, 3.05) is 39.8 Å². The first-order chi connectivity index (χ1) is 9.16. The van der Waals surface area contributed by atoms with E-state index in [9.17, 15) is 9.59 Å². The zero-order valence-electron chi connectivity index (χ0n) is 11.0. The van der Waals surface area contributed by atoms with Crippen LogP contribution >= 0.6 is 0 Å². The smallest absolute Gasteiger partial charge is 0.253 e. The quantitative estimate of drug-likeness (QED) is 0.804. The van der Waals surface area contributed by atoms with E-state index in [4.69, 9.17) is 0 Å². The number of nitrogens with zero attached hydrogens (tertiary/aromatic N) is 3. The largest absolute Gasteiger partial charge is 0.343 e. The highest BCUT2D eigenvalue weighted by Crippen LogP contribution is 2.00. The summed E-state index contributed by atoms with van der Waals surface area (Å²) in [7, 11) is 2.03. The van der Waals surface area contributed by atoms with Crippen LogP contribution in [-0.4, -0.2) is 66.4 Å². The summed E-state index contributed by atoms with van der Waals surface area (Å²) in [5.41, 5.74) is 0.466. The Morgan fingerprint density at radius 3 is 2.68 bits per heavy atom. The zero-order valence-corrected chi connectivity index (χ0v) is 11.0. The number of amides is 2. The minimum absolute atomic E-state index is 0.0367. The number of rotatable bonds is 3. The number of carbonyl (C=O) groups excluding carboxylic acids is 2. The molecule has 0 unspecified atom stereocenters. The first-order valence-electron chi connectivity index (χ1n) is 6.31. The fraction of sp³-hybridized carbons (Fsp3) is 0.462. The van der Waals surface area contributed by atoms with Crippen LogP contribution in [-0.2, 0) is 4.79 Å². The van der Waals surface area contributed by atoms with Crippen LogP contribution < -0.4 is 5.32 Å². The van der Waals surface area contributed by atoms with E-state index in [-0.39, 0.29) is 18.4 Å². The average molecular weight is 262 g/mol. The predicted molar refractivity (Wildman–Crippen MR) is 70.6 cm³/mol. The van der Waals surface area contributed by atoms with Crippen molar-refractivity contribution in [3.63, 3.8) is 0 Å². The molecular weight excluding hydrogens is 244 g/mol. The number of pyridine rings is 1. The maximum atomic E-state index is 11.9. The highest BCUT2D eigenvalue weighted by molar-refractivity contribution is 5.96. The zero-order chi connectivity index (χ0) is 13.7. The SMILES string of the molecule is CN1CCN(C(=O)CNC(=O)c2cccnc2)CC1. The standard InChI is InChI=1S/C13H18N4O2/c1-16-5-7-17(8-6-16)12(18)10-15-13(19)11-3-2-4-14-9-11/h2-4,9H,5-8,10H2,1H3,(H,15,19). The molecule has 1 aromatic heterocycles. The molecule has 1 aliphatic rings. The molecule has 1 aromatic rings. The highest BCUT2D eigenvalue weighted by atomic mass is 16.2. The number of hydrogen-bond acceptors (Lipinski definition) is 4. The van der Waals surface area contributed by atoms with Crippen LogP contribution in [0.3, 0.4) is 0 Å². The van der Waals surface area contributed by atoms with E-state index in [1.807, 2.05) is 7.05 Å². The van der Waals surface area contributed by atoms with Crippen LogP contribution in [0.25, 0.3) is 0 Å². The number of aromatic nitrogens is 1. The molecule has 2 rings (SSSR count). The van der Waals surface area contributed by atoms with Gasteiger partial charge in [0.1, 0.15) is 0 Å². The average Bonchev–Trinajstić information content (AvgIpc) is 2.46. The second-order valence-electron chi connectivity index (χ2n) is 4.61. The lowest BCUT2D eigenvalue weighted by Gasteiger charge is -2.32. The van der Waals surface area contributed by atoms with Gasteiger partial charge in [0.15, 0.2) is 0 Å². The van der Waals surface area contributed by atoms with Crippen molar-refractivity contribution in [3.8, 4) is 0 Å². The molecule has 0 saturated carbocycles. The molecule has 1 aliphatic heterocycles. The van der Waals surface area contributed by atoms with Gasteiger partial charge < -0.3 is 15.1 Å². The van der Waals surface area contributed by atoms with Crippen molar-refractivity contribution in [3.05, 3.63) is 30.1 Å². The lowest BCUT2D eigenvalue weighted by atomic mass is 10.2. The van der Waals surface area contributed by atoms with Gasteiger partial charge in [0.05, 0.1) is 12.1 Å². The molecule has 0 spiro atoms. The first kappa shape index (κ1) is 13.5. The molecule has 102 valence electrons. The molecule has 0 bridgehead atoms. The third-order valence-electron chi connectivity index (χ3n) is 3.18. The van der Waals surface area contributed by atoms with Crippen molar-refractivity contribution in [2.45, 2.75) is 0 Å². The summed E-state index contributed by atoms with van der Waals surface area (Å²) in [6, 6.07) is 3.36. The van der Waals surface area contributed by atoms with E-state index in [2.05, 4.69) is 15.2 Å². The van der Waals surface area contributed by atoms with Crippen molar-refractivity contribution < 1.29 is 9.59 Å². The molecule has 6 heteroatoms. The summed E-state index contributed by atoms with van der Waals surface area (Å²) >= 11 is 0. The van der Waals surface area contributed by atoms with Gasteiger partial charge in [0.2, 0.25) is 5.91 Å². The Bertz CT molecular complexity index is 441. The van der Waals surface area contributed by atoms with Crippen LogP contribution in [0, 0.1) is 0 Å². The van der Waals surface area contributed by atoms with Crippen LogP contribution in [0.2, 0.25) is 0 Å². The van der Waals surface area contributed by atoms with E-state index in [0.717, 1.165) is 26.2 Å². The van der Waals surface area contributed by atoms with E-state index >= 15 is 0 Å². The maximum Gasteiger partial charge on any atom is 0.253 e. The summed E-state index contributed by atoms with van der Waals surface area (Å²) < 4.78 is 0. The van der Waals surface area contributed by atoms with Gasteiger partial charge in [0.25, 0.3) is 5.91 Å². The molecule has 0 radical (unpaired) electrons. The molecule has 0 aromatic carbocycles. The van der Waals surface area contributed by atoms with E-state index in [1.165, 1.54) is 6.20 Å². The Morgan fingerprint density at radius 2 is 2.05 bits per heavy atom. The van der Waals surface area contributed by atoms with Crippen molar-refractivity contribution in [1.82, 2.24) is 20.1 Å². The van der Waals surface area contributed by atoms with Crippen LogP contribution in [0.5, 0.6) is 0 Å². The third kappa shape index (κ3) is 3.75. The summed E-state index contributed by atoms with van der Waals surface area (Å²) in [5.74, 6) is -0.305. The molecule has 2 amide bonds. The molecule has 1 N–H and O–H groups in total. The van der Waals surface area contributed by atoms with Gasteiger partial charge >= 0.3 is 0 Å². The summed E-state index contributed by atoms with van der Waals surface area (Å²) in [6.07, 6.45) is 3.09. The van der Waals surface area contributed by atoms with E-state index in [1.54, 1.807) is 23.2 Å². The van der Waals surface area contributed by atoms with E-state index < -0.39 is 0 Å². The maximum absolute atomic E-state index is 11.9. The topological polar surface area (TPSA) is 65.5 Å². The number of piperazine rings is 1. The lowest BCUT2D eigenvalue weighted by Crippen LogP contribution is -2.50. The summed E-state index contributed by atoms with van der Waals surface area (Å²) in [6.45, 7) is 3.23. The molecule has 1 fully saturated rings. The fourth-order valence-corrected chi connectivity index (χ4v) is 1.92. The fourth-order valence-electron chi connectivity index (χ4n) is 1.92. The normalized spacial score (nSPS) is 16.2. The van der Waals surface area contributed by atoms with Crippen LogP contribution in [0.4, 0.5) is 0 Å². The molecule has 1 saturated heterocycles. The van der Waals surface area contributed by atoms with Gasteiger partial charge in [0, 0.05) is 38.6 Å². The Balaban J connectivity index is 1.79. The number of nitrogens with one attached hydrogen (secondary N) is 1. The monoisotopic (exact) mass is 262 g/mol.